The van der Waals surface area contributed by atoms with Crippen LogP contribution in [-0.2, 0) is 0 Å². The molecule has 1 aromatic carbocycles. The Morgan fingerprint density at radius 1 is 1.24 bits per heavy atom. The molecule has 1 aliphatic rings. The van der Waals surface area contributed by atoms with E-state index in [4.69, 9.17) is 9.47 Å². The Hall–Kier alpha value is -0.870. The van der Waals surface area contributed by atoms with Crippen molar-refractivity contribution in [3.8, 4) is 11.5 Å². The fraction of sp³-hybridized carbons (Fsp3) is 0.538. The highest BCUT2D eigenvalue weighted by Crippen LogP contribution is 2.27. The Morgan fingerprint density at radius 2 is 1.94 bits per heavy atom. The van der Waals surface area contributed by atoms with Crippen molar-refractivity contribution in [2.45, 2.75) is 12.5 Å². The maximum Gasteiger partial charge on any atom is 0.119 e. The second-order valence-corrected chi connectivity index (χ2v) is 5.25. The first-order valence-electron chi connectivity index (χ1n) is 5.82. The van der Waals surface area contributed by atoms with E-state index in [2.05, 4.69) is 0 Å². The molecule has 1 heterocycles. The van der Waals surface area contributed by atoms with Crippen molar-refractivity contribution in [1.29, 1.82) is 0 Å². The summed E-state index contributed by atoms with van der Waals surface area (Å²) in [5, 5.41) is 9.66. The average molecular weight is 254 g/mol. The molecule has 0 spiro atoms. The van der Waals surface area contributed by atoms with Gasteiger partial charge in [-0.05, 0) is 42.4 Å². The van der Waals surface area contributed by atoms with Gasteiger partial charge in [-0.2, -0.15) is 11.8 Å². The zero-order chi connectivity index (χ0) is 12.1. The summed E-state index contributed by atoms with van der Waals surface area (Å²) in [6, 6.07) is 7.57. The largest absolute Gasteiger partial charge is 0.497 e. The molecular formula is C13H18O3S. The molecule has 1 aliphatic heterocycles. The highest BCUT2D eigenvalue weighted by molar-refractivity contribution is 7.99. The van der Waals surface area contributed by atoms with Crippen LogP contribution in [0.1, 0.15) is 6.42 Å². The molecule has 4 heteroatoms. The maximum atomic E-state index is 9.66. The minimum absolute atomic E-state index is 0.153. The Balaban J connectivity index is 1.73. The number of rotatable bonds is 5. The third kappa shape index (κ3) is 3.54. The molecule has 2 unspecified atom stereocenters. The molecule has 2 rings (SSSR count). The average Bonchev–Trinajstić information content (AvgIpc) is 2.76. The molecule has 0 aromatic heterocycles. The van der Waals surface area contributed by atoms with Crippen molar-refractivity contribution in [2.75, 3.05) is 25.2 Å². The standard InChI is InChI=1S/C13H18O3S/c1-15-11-2-4-12(5-3-11)16-7-6-10-8-17-9-13(10)14/h2-5,10,13-14H,6-9H2,1H3. The van der Waals surface area contributed by atoms with E-state index < -0.39 is 0 Å². The molecule has 1 fully saturated rings. The summed E-state index contributed by atoms with van der Waals surface area (Å²) < 4.78 is 10.7. The van der Waals surface area contributed by atoms with Gasteiger partial charge < -0.3 is 14.6 Å². The van der Waals surface area contributed by atoms with Crippen molar-refractivity contribution in [2.24, 2.45) is 5.92 Å². The summed E-state index contributed by atoms with van der Waals surface area (Å²) in [6.45, 7) is 0.661. The third-order valence-corrected chi connectivity index (χ3v) is 4.22. The predicted molar refractivity (Wildman–Crippen MR) is 69.9 cm³/mol. The van der Waals surface area contributed by atoms with E-state index in [1.54, 1.807) is 7.11 Å². The molecule has 1 aromatic rings. The molecule has 17 heavy (non-hydrogen) atoms. The minimum atomic E-state index is -0.153. The van der Waals surface area contributed by atoms with Crippen LogP contribution in [0, 0.1) is 5.92 Å². The lowest BCUT2D eigenvalue weighted by Crippen LogP contribution is -2.20. The monoisotopic (exact) mass is 254 g/mol. The molecule has 0 aliphatic carbocycles. The van der Waals surface area contributed by atoms with Gasteiger partial charge in [0.05, 0.1) is 19.8 Å². The number of benzene rings is 1. The summed E-state index contributed by atoms with van der Waals surface area (Å²) in [5.41, 5.74) is 0. The summed E-state index contributed by atoms with van der Waals surface area (Å²) >= 11 is 1.82. The first kappa shape index (κ1) is 12.6. The quantitative estimate of drug-likeness (QED) is 0.874. The molecule has 3 nitrogen and oxygen atoms in total. The van der Waals surface area contributed by atoms with E-state index in [1.165, 1.54) is 0 Å². The second-order valence-electron chi connectivity index (χ2n) is 4.18. The van der Waals surface area contributed by atoms with Gasteiger partial charge in [-0.3, -0.25) is 0 Å². The SMILES string of the molecule is COc1ccc(OCCC2CSCC2O)cc1. The Bertz CT molecular complexity index is 339. The number of thioether (sulfide) groups is 1. The van der Waals surface area contributed by atoms with Crippen molar-refractivity contribution in [3.05, 3.63) is 24.3 Å². The summed E-state index contributed by atoms with van der Waals surface area (Å²) in [7, 11) is 1.65. The molecule has 1 N–H and O–H groups in total. The van der Waals surface area contributed by atoms with Gasteiger partial charge in [-0.25, -0.2) is 0 Å². The normalized spacial score (nSPS) is 23.6. The number of hydrogen-bond acceptors (Lipinski definition) is 4. The first-order valence-corrected chi connectivity index (χ1v) is 6.97. The lowest BCUT2D eigenvalue weighted by atomic mass is 10.0. The van der Waals surface area contributed by atoms with Crippen molar-refractivity contribution in [3.63, 3.8) is 0 Å². The van der Waals surface area contributed by atoms with Gasteiger partial charge in [0.25, 0.3) is 0 Å². The molecule has 1 saturated heterocycles. The zero-order valence-electron chi connectivity index (χ0n) is 9.96. The van der Waals surface area contributed by atoms with E-state index in [0.717, 1.165) is 29.4 Å². The first-order chi connectivity index (χ1) is 8.29. The van der Waals surface area contributed by atoms with Crippen LogP contribution in [-0.4, -0.2) is 36.4 Å². The van der Waals surface area contributed by atoms with Crippen LogP contribution in [0.25, 0.3) is 0 Å². The summed E-state index contributed by atoms with van der Waals surface area (Å²) in [6.07, 6.45) is 0.764. The van der Waals surface area contributed by atoms with Crippen LogP contribution in [0.2, 0.25) is 0 Å². The molecule has 94 valence electrons. The van der Waals surface area contributed by atoms with Gasteiger partial charge in [-0.1, -0.05) is 0 Å². The minimum Gasteiger partial charge on any atom is -0.497 e. The molecular weight excluding hydrogens is 236 g/mol. The fourth-order valence-electron chi connectivity index (χ4n) is 1.86. The van der Waals surface area contributed by atoms with E-state index in [0.29, 0.717) is 12.5 Å². The van der Waals surface area contributed by atoms with Crippen LogP contribution < -0.4 is 9.47 Å². The van der Waals surface area contributed by atoms with Crippen molar-refractivity contribution >= 4 is 11.8 Å². The second kappa shape index (κ2) is 6.17. The predicted octanol–water partition coefficient (Wildman–Crippen LogP) is 2.19. The van der Waals surface area contributed by atoms with Gasteiger partial charge >= 0.3 is 0 Å². The zero-order valence-corrected chi connectivity index (χ0v) is 10.8. The Kier molecular flexibility index (Phi) is 4.57. The summed E-state index contributed by atoms with van der Waals surface area (Å²) in [5.74, 6) is 3.99. The molecule has 0 radical (unpaired) electrons. The van der Waals surface area contributed by atoms with Gasteiger partial charge in [-0.15, -0.1) is 0 Å². The molecule has 0 bridgehead atoms. The van der Waals surface area contributed by atoms with Crippen LogP contribution in [0.5, 0.6) is 11.5 Å². The number of hydrogen-bond donors (Lipinski definition) is 1. The highest BCUT2D eigenvalue weighted by atomic mass is 32.2. The summed E-state index contributed by atoms with van der Waals surface area (Å²) in [4.78, 5) is 0. The topological polar surface area (TPSA) is 38.7 Å². The number of aliphatic hydroxyl groups is 1. The van der Waals surface area contributed by atoms with E-state index >= 15 is 0 Å². The molecule has 0 saturated carbocycles. The third-order valence-electron chi connectivity index (χ3n) is 2.98. The van der Waals surface area contributed by atoms with Crippen LogP contribution in [0.4, 0.5) is 0 Å². The van der Waals surface area contributed by atoms with Gasteiger partial charge in [0.15, 0.2) is 0 Å². The van der Waals surface area contributed by atoms with E-state index in [1.807, 2.05) is 36.0 Å². The smallest absolute Gasteiger partial charge is 0.119 e. The number of aliphatic hydroxyl groups excluding tert-OH is 1. The van der Waals surface area contributed by atoms with Gasteiger partial charge in [0.1, 0.15) is 11.5 Å². The van der Waals surface area contributed by atoms with Crippen LogP contribution in [0.3, 0.4) is 0 Å². The van der Waals surface area contributed by atoms with E-state index in [-0.39, 0.29) is 6.10 Å². The van der Waals surface area contributed by atoms with Crippen molar-refractivity contribution in [1.82, 2.24) is 0 Å². The lowest BCUT2D eigenvalue weighted by molar-refractivity contribution is 0.132. The number of ether oxygens (including phenoxy) is 2. The number of methoxy groups -OCH3 is 1. The maximum absolute atomic E-state index is 9.66. The Morgan fingerprint density at radius 3 is 2.53 bits per heavy atom. The lowest BCUT2D eigenvalue weighted by Gasteiger charge is -2.13. The van der Waals surface area contributed by atoms with E-state index in [9.17, 15) is 5.11 Å². The highest BCUT2D eigenvalue weighted by Gasteiger charge is 2.25. The fourth-order valence-corrected chi connectivity index (χ4v) is 3.20. The van der Waals surface area contributed by atoms with Crippen LogP contribution >= 0.6 is 11.8 Å². The van der Waals surface area contributed by atoms with Gasteiger partial charge in [0, 0.05) is 5.75 Å². The van der Waals surface area contributed by atoms with Crippen molar-refractivity contribution < 1.29 is 14.6 Å². The molecule has 0 amide bonds. The Labute approximate surface area is 106 Å². The molecule has 2 atom stereocenters. The van der Waals surface area contributed by atoms with Crippen LogP contribution in [0.15, 0.2) is 24.3 Å². The van der Waals surface area contributed by atoms with Gasteiger partial charge in [0.2, 0.25) is 0 Å².